The van der Waals surface area contributed by atoms with Gasteiger partial charge in [0.15, 0.2) is 0 Å². The highest BCUT2D eigenvalue weighted by Crippen LogP contribution is 2.44. The molecule has 1 aromatic rings. The molecule has 0 aromatic heterocycles. The number of rotatable bonds is 3. The quantitative estimate of drug-likeness (QED) is 0.882. The fraction of sp³-hybridized carbons (Fsp3) is 0.250. The van der Waals surface area contributed by atoms with Crippen molar-refractivity contribution >= 4 is 5.97 Å². The van der Waals surface area contributed by atoms with Gasteiger partial charge in [0.1, 0.15) is 17.4 Å². The Bertz CT molecular complexity index is 788. The number of nitrogens with zero attached hydrogens (tertiary/aromatic N) is 1. The molecular formula is C16H13F3N2O3. The molecule has 2 rings (SSSR count). The summed E-state index contributed by atoms with van der Waals surface area (Å²) in [6, 6.07) is 6.18. The molecule has 1 atom stereocenters. The summed E-state index contributed by atoms with van der Waals surface area (Å²) in [6.07, 6.45) is -4.61. The second kappa shape index (κ2) is 6.28. The Morgan fingerprint density at radius 1 is 1.42 bits per heavy atom. The van der Waals surface area contributed by atoms with E-state index in [4.69, 9.17) is 10.5 Å². The first-order chi connectivity index (χ1) is 11.2. The Balaban J connectivity index is 2.81. The van der Waals surface area contributed by atoms with Gasteiger partial charge in [-0.05, 0) is 11.6 Å². The molecule has 24 heavy (non-hydrogen) atoms. The van der Waals surface area contributed by atoms with Gasteiger partial charge in [-0.1, -0.05) is 25.1 Å². The molecule has 0 fully saturated rings. The van der Waals surface area contributed by atoms with Gasteiger partial charge >= 0.3 is 12.1 Å². The SMILES string of the molecule is CCC1=C(C(=O)O)C(c2ccccc2C(F)(F)F)C(C#N)=C(N)O1. The number of hydrogen-bond donors (Lipinski definition) is 2. The summed E-state index contributed by atoms with van der Waals surface area (Å²) < 4.78 is 45.1. The molecule has 5 nitrogen and oxygen atoms in total. The minimum atomic E-state index is -4.71. The molecule has 1 aliphatic heterocycles. The summed E-state index contributed by atoms with van der Waals surface area (Å²) in [5, 5.41) is 18.8. The first kappa shape index (κ1) is 17.4. The number of benzene rings is 1. The van der Waals surface area contributed by atoms with Crippen LogP contribution in [0.4, 0.5) is 13.2 Å². The second-order valence-corrected chi connectivity index (χ2v) is 5.01. The molecule has 0 amide bonds. The Labute approximate surface area is 135 Å². The van der Waals surface area contributed by atoms with Crippen molar-refractivity contribution in [2.75, 3.05) is 0 Å². The molecule has 0 bridgehead atoms. The number of nitrogens with two attached hydrogens (primary N) is 1. The van der Waals surface area contributed by atoms with Crippen LogP contribution in [0.1, 0.15) is 30.4 Å². The second-order valence-electron chi connectivity index (χ2n) is 5.01. The van der Waals surface area contributed by atoms with Crippen LogP contribution in [0.25, 0.3) is 0 Å². The number of halogens is 3. The topological polar surface area (TPSA) is 96.3 Å². The smallest absolute Gasteiger partial charge is 0.416 e. The maximum absolute atomic E-state index is 13.3. The van der Waals surface area contributed by atoms with Crippen LogP contribution in [0.2, 0.25) is 0 Å². The third kappa shape index (κ3) is 2.93. The Morgan fingerprint density at radius 3 is 2.54 bits per heavy atom. The predicted molar refractivity (Wildman–Crippen MR) is 77.0 cm³/mol. The Morgan fingerprint density at radius 2 is 2.04 bits per heavy atom. The van der Waals surface area contributed by atoms with Gasteiger partial charge in [0.25, 0.3) is 0 Å². The van der Waals surface area contributed by atoms with Crippen LogP contribution >= 0.6 is 0 Å². The maximum Gasteiger partial charge on any atom is 0.416 e. The Kier molecular flexibility index (Phi) is 4.55. The van der Waals surface area contributed by atoms with Crippen molar-refractivity contribution in [2.24, 2.45) is 5.73 Å². The van der Waals surface area contributed by atoms with E-state index in [1.807, 2.05) is 0 Å². The van der Waals surface area contributed by atoms with Crippen molar-refractivity contribution in [1.29, 1.82) is 5.26 Å². The summed E-state index contributed by atoms with van der Waals surface area (Å²) in [7, 11) is 0. The summed E-state index contributed by atoms with van der Waals surface area (Å²) in [5.74, 6) is -3.37. The van der Waals surface area contributed by atoms with E-state index in [2.05, 4.69) is 0 Å². The minimum absolute atomic E-state index is 0.0685. The molecular weight excluding hydrogens is 325 g/mol. The largest absolute Gasteiger partial charge is 0.478 e. The zero-order chi connectivity index (χ0) is 18.1. The van der Waals surface area contributed by atoms with Gasteiger partial charge in [-0.15, -0.1) is 0 Å². The summed E-state index contributed by atoms with van der Waals surface area (Å²) >= 11 is 0. The number of nitriles is 1. The molecule has 0 saturated carbocycles. The first-order valence-electron chi connectivity index (χ1n) is 6.92. The molecule has 0 spiro atoms. The maximum atomic E-state index is 13.3. The monoisotopic (exact) mass is 338 g/mol. The molecule has 0 aliphatic carbocycles. The van der Waals surface area contributed by atoms with Crippen molar-refractivity contribution in [1.82, 2.24) is 0 Å². The highest BCUT2D eigenvalue weighted by molar-refractivity contribution is 5.91. The van der Waals surface area contributed by atoms with E-state index in [1.54, 1.807) is 13.0 Å². The van der Waals surface area contributed by atoms with E-state index in [-0.39, 0.29) is 29.2 Å². The van der Waals surface area contributed by atoms with Crippen LogP contribution in [-0.4, -0.2) is 11.1 Å². The molecule has 3 N–H and O–H groups in total. The van der Waals surface area contributed by atoms with Crippen LogP contribution in [0.15, 0.2) is 47.1 Å². The van der Waals surface area contributed by atoms with Crippen LogP contribution in [0, 0.1) is 11.3 Å². The van der Waals surface area contributed by atoms with Gasteiger partial charge < -0.3 is 15.6 Å². The predicted octanol–water partition coefficient (Wildman–Crippen LogP) is 3.26. The standard InChI is InChI=1S/C16H13F3N2O3/c1-2-11-13(15(22)23)12(9(7-20)14(21)24-11)8-5-3-4-6-10(8)16(17,18)19/h3-6,12H,2,21H2,1H3,(H,22,23). The summed E-state index contributed by atoms with van der Waals surface area (Å²) in [5.41, 5.74) is 3.48. The van der Waals surface area contributed by atoms with Crippen molar-refractivity contribution in [3.8, 4) is 6.07 Å². The summed E-state index contributed by atoms with van der Waals surface area (Å²) in [6.45, 7) is 1.58. The molecule has 1 unspecified atom stereocenters. The number of carboxylic acid groups (broad SMARTS) is 1. The number of allylic oxidation sites excluding steroid dienone is 2. The normalized spacial score (nSPS) is 18.2. The molecule has 0 saturated heterocycles. The fourth-order valence-electron chi connectivity index (χ4n) is 2.63. The van der Waals surface area contributed by atoms with Crippen molar-refractivity contribution in [3.63, 3.8) is 0 Å². The molecule has 126 valence electrons. The van der Waals surface area contributed by atoms with E-state index in [0.717, 1.165) is 12.1 Å². The van der Waals surface area contributed by atoms with E-state index < -0.39 is 29.2 Å². The third-order valence-corrected chi connectivity index (χ3v) is 3.63. The number of ether oxygens (including phenoxy) is 1. The Hall–Kier alpha value is -2.95. The van der Waals surface area contributed by atoms with Crippen LogP contribution in [0.5, 0.6) is 0 Å². The number of hydrogen-bond acceptors (Lipinski definition) is 4. The van der Waals surface area contributed by atoms with Crippen molar-refractivity contribution in [2.45, 2.75) is 25.4 Å². The van der Waals surface area contributed by atoms with Gasteiger partial charge in [0.2, 0.25) is 5.88 Å². The molecule has 1 aliphatic rings. The summed E-state index contributed by atoms with van der Waals surface area (Å²) in [4.78, 5) is 11.6. The van der Waals surface area contributed by atoms with E-state index in [0.29, 0.717) is 0 Å². The van der Waals surface area contributed by atoms with Crippen LogP contribution in [0.3, 0.4) is 0 Å². The fourth-order valence-corrected chi connectivity index (χ4v) is 2.63. The number of carbonyl (C=O) groups is 1. The van der Waals surface area contributed by atoms with Gasteiger partial charge in [-0.3, -0.25) is 0 Å². The zero-order valence-electron chi connectivity index (χ0n) is 12.5. The first-order valence-corrected chi connectivity index (χ1v) is 6.92. The lowest BCUT2D eigenvalue weighted by atomic mass is 9.80. The zero-order valence-corrected chi connectivity index (χ0v) is 12.5. The minimum Gasteiger partial charge on any atom is -0.478 e. The molecule has 8 heteroatoms. The van der Waals surface area contributed by atoms with Gasteiger partial charge in [0.05, 0.1) is 17.1 Å². The van der Waals surface area contributed by atoms with Crippen molar-refractivity contribution < 1.29 is 27.8 Å². The van der Waals surface area contributed by atoms with E-state index in [9.17, 15) is 28.3 Å². The molecule has 0 radical (unpaired) electrons. The average molecular weight is 338 g/mol. The highest BCUT2D eigenvalue weighted by Gasteiger charge is 2.42. The van der Waals surface area contributed by atoms with Gasteiger partial charge in [0, 0.05) is 6.42 Å². The molecule has 1 heterocycles. The lowest BCUT2D eigenvalue weighted by Gasteiger charge is -2.28. The third-order valence-electron chi connectivity index (χ3n) is 3.63. The van der Waals surface area contributed by atoms with Gasteiger partial charge in [-0.25, -0.2) is 4.79 Å². The van der Waals surface area contributed by atoms with Gasteiger partial charge in [-0.2, -0.15) is 18.4 Å². The lowest BCUT2D eigenvalue weighted by Crippen LogP contribution is -2.26. The molecule has 1 aromatic carbocycles. The van der Waals surface area contributed by atoms with E-state index in [1.165, 1.54) is 12.1 Å². The average Bonchev–Trinajstić information content (AvgIpc) is 2.52. The number of aliphatic carboxylic acids is 1. The highest BCUT2D eigenvalue weighted by atomic mass is 19.4. The van der Waals surface area contributed by atoms with E-state index >= 15 is 0 Å². The number of carboxylic acids is 1. The van der Waals surface area contributed by atoms with Crippen LogP contribution in [-0.2, 0) is 15.7 Å². The van der Waals surface area contributed by atoms with Crippen molar-refractivity contribution in [3.05, 3.63) is 58.2 Å². The number of alkyl halides is 3. The lowest BCUT2D eigenvalue weighted by molar-refractivity contribution is -0.139. The van der Waals surface area contributed by atoms with Crippen LogP contribution < -0.4 is 5.73 Å².